The maximum atomic E-state index is 11.6. The van der Waals surface area contributed by atoms with Gasteiger partial charge in [-0.1, -0.05) is 6.58 Å². The van der Waals surface area contributed by atoms with E-state index in [0.717, 1.165) is 0 Å². The van der Waals surface area contributed by atoms with Crippen molar-refractivity contribution >= 4 is 23.0 Å². The lowest BCUT2D eigenvalue weighted by molar-refractivity contribution is -0.384. The van der Waals surface area contributed by atoms with Gasteiger partial charge in [-0.25, -0.2) is 5.01 Å². The number of nitro benzene ring substituents is 1. The number of nitro groups is 1. The second-order valence-corrected chi connectivity index (χ2v) is 3.45. The van der Waals surface area contributed by atoms with Crippen LogP contribution in [0.1, 0.15) is 6.42 Å². The van der Waals surface area contributed by atoms with Crippen molar-refractivity contribution in [2.75, 3.05) is 5.01 Å². The molecule has 0 N–H and O–H groups in total. The summed E-state index contributed by atoms with van der Waals surface area (Å²) in [5.41, 5.74) is 1.08. The number of hydrogen-bond acceptors (Lipinski definition) is 4. The molecular formula is C11H9N3O3. The van der Waals surface area contributed by atoms with Crippen LogP contribution in [0.25, 0.3) is 0 Å². The van der Waals surface area contributed by atoms with Gasteiger partial charge in [-0.15, -0.1) is 0 Å². The van der Waals surface area contributed by atoms with Crippen molar-refractivity contribution in [3.8, 4) is 0 Å². The summed E-state index contributed by atoms with van der Waals surface area (Å²) >= 11 is 0. The van der Waals surface area contributed by atoms with Crippen molar-refractivity contribution in [3.63, 3.8) is 0 Å². The fraction of sp³-hybridized carbons (Fsp3) is 0.0909. The molecule has 6 nitrogen and oxygen atoms in total. The summed E-state index contributed by atoms with van der Waals surface area (Å²) in [6.45, 7) is 3.54. The molecule has 0 atom stereocenters. The van der Waals surface area contributed by atoms with Gasteiger partial charge in [-0.3, -0.25) is 14.9 Å². The number of hydrazone groups is 1. The third-order valence-corrected chi connectivity index (χ3v) is 2.34. The van der Waals surface area contributed by atoms with Crippen LogP contribution in [0, 0.1) is 10.1 Å². The Balaban J connectivity index is 2.29. The molecule has 1 aliphatic heterocycles. The first-order chi connectivity index (χ1) is 8.11. The molecule has 1 amide bonds. The van der Waals surface area contributed by atoms with Crippen molar-refractivity contribution in [3.05, 3.63) is 47.0 Å². The van der Waals surface area contributed by atoms with E-state index in [2.05, 4.69) is 11.7 Å². The van der Waals surface area contributed by atoms with E-state index in [1.54, 1.807) is 0 Å². The summed E-state index contributed by atoms with van der Waals surface area (Å²) in [6, 6.07) is 5.66. The molecule has 17 heavy (non-hydrogen) atoms. The second kappa shape index (κ2) is 4.17. The highest BCUT2D eigenvalue weighted by Gasteiger charge is 2.23. The average Bonchev–Trinajstić information content (AvgIpc) is 2.71. The molecule has 1 aliphatic rings. The van der Waals surface area contributed by atoms with Crippen molar-refractivity contribution in [1.29, 1.82) is 0 Å². The number of benzene rings is 1. The first-order valence-corrected chi connectivity index (χ1v) is 4.89. The maximum absolute atomic E-state index is 11.6. The summed E-state index contributed by atoms with van der Waals surface area (Å²) in [6.07, 6.45) is 1.73. The molecule has 0 saturated carbocycles. The predicted molar refractivity (Wildman–Crippen MR) is 62.8 cm³/mol. The van der Waals surface area contributed by atoms with Crippen molar-refractivity contribution in [1.82, 2.24) is 0 Å². The number of anilines is 1. The Morgan fingerprint density at radius 3 is 2.53 bits per heavy atom. The highest BCUT2D eigenvalue weighted by molar-refractivity contribution is 6.16. The third kappa shape index (κ3) is 2.05. The number of nitrogens with zero attached hydrogens (tertiary/aromatic N) is 3. The van der Waals surface area contributed by atoms with Crippen LogP contribution in [0.3, 0.4) is 0 Å². The average molecular weight is 231 g/mol. The Bertz CT molecular complexity index is 519. The highest BCUT2D eigenvalue weighted by atomic mass is 16.6. The molecule has 0 saturated heterocycles. The first-order valence-electron chi connectivity index (χ1n) is 4.89. The fourth-order valence-electron chi connectivity index (χ4n) is 1.48. The van der Waals surface area contributed by atoms with Crippen LogP contribution in [0.4, 0.5) is 11.4 Å². The topological polar surface area (TPSA) is 75.8 Å². The fourth-order valence-corrected chi connectivity index (χ4v) is 1.48. The second-order valence-electron chi connectivity index (χ2n) is 3.45. The standard InChI is InChI=1S/C11H9N3O3/c1-2-8-7-11(15)13(12-8)9-3-5-10(6-4-9)14(16)17/h2-6H,1,7H2. The lowest BCUT2D eigenvalue weighted by Gasteiger charge is -2.10. The van der Waals surface area contributed by atoms with E-state index < -0.39 is 4.92 Å². The zero-order valence-corrected chi connectivity index (χ0v) is 8.87. The van der Waals surface area contributed by atoms with Gasteiger partial charge in [0.2, 0.25) is 0 Å². The molecule has 1 aromatic carbocycles. The van der Waals surface area contributed by atoms with Crippen LogP contribution in [0.15, 0.2) is 42.0 Å². The molecule has 0 fully saturated rings. The third-order valence-electron chi connectivity index (χ3n) is 2.34. The minimum atomic E-state index is -0.492. The summed E-state index contributed by atoms with van der Waals surface area (Å²) in [4.78, 5) is 21.6. The van der Waals surface area contributed by atoms with Crippen LogP contribution in [0.5, 0.6) is 0 Å². The van der Waals surface area contributed by atoms with Crippen molar-refractivity contribution in [2.24, 2.45) is 5.10 Å². The zero-order valence-electron chi connectivity index (χ0n) is 8.87. The Morgan fingerprint density at radius 1 is 1.41 bits per heavy atom. The number of non-ortho nitro benzene ring substituents is 1. The van der Waals surface area contributed by atoms with Gasteiger partial charge in [0.25, 0.3) is 11.6 Å². The summed E-state index contributed by atoms with van der Waals surface area (Å²) in [5, 5.41) is 15.7. The van der Waals surface area contributed by atoms with Crippen LogP contribution >= 0.6 is 0 Å². The van der Waals surface area contributed by atoms with Gasteiger partial charge in [0, 0.05) is 12.1 Å². The van der Waals surface area contributed by atoms with Crippen LogP contribution in [-0.4, -0.2) is 16.5 Å². The minimum Gasteiger partial charge on any atom is -0.272 e. The van der Waals surface area contributed by atoms with E-state index in [0.29, 0.717) is 11.4 Å². The number of amides is 1. The number of allylic oxidation sites excluding steroid dienone is 1. The highest BCUT2D eigenvalue weighted by Crippen LogP contribution is 2.23. The van der Waals surface area contributed by atoms with Gasteiger partial charge in [-0.2, -0.15) is 5.10 Å². The van der Waals surface area contributed by atoms with Gasteiger partial charge in [0.15, 0.2) is 0 Å². The van der Waals surface area contributed by atoms with Crippen LogP contribution in [0.2, 0.25) is 0 Å². The van der Waals surface area contributed by atoms with E-state index >= 15 is 0 Å². The Hall–Kier alpha value is -2.50. The quantitative estimate of drug-likeness (QED) is 0.588. The molecular weight excluding hydrogens is 222 g/mol. The first kappa shape index (κ1) is 11.0. The largest absolute Gasteiger partial charge is 0.272 e. The SMILES string of the molecule is C=CC1=NN(c2ccc([N+](=O)[O-])cc2)C(=O)C1. The molecule has 6 heteroatoms. The lowest BCUT2D eigenvalue weighted by Crippen LogP contribution is -2.19. The monoisotopic (exact) mass is 231 g/mol. The Kier molecular flexibility index (Phi) is 2.70. The van der Waals surface area contributed by atoms with E-state index in [9.17, 15) is 14.9 Å². The van der Waals surface area contributed by atoms with Gasteiger partial charge in [0.05, 0.1) is 22.7 Å². The predicted octanol–water partition coefficient (Wildman–Crippen LogP) is 1.87. The van der Waals surface area contributed by atoms with Crippen molar-refractivity contribution < 1.29 is 9.72 Å². The van der Waals surface area contributed by atoms with Gasteiger partial charge in [0.1, 0.15) is 0 Å². The summed E-state index contributed by atoms with van der Waals surface area (Å²) < 4.78 is 0. The molecule has 0 radical (unpaired) electrons. The van der Waals surface area contributed by atoms with Gasteiger partial charge < -0.3 is 0 Å². The van der Waals surface area contributed by atoms with Gasteiger partial charge >= 0.3 is 0 Å². The lowest BCUT2D eigenvalue weighted by atomic mass is 10.2. The number of carbonyl (C=O) groups is 1. The van der Waals surface area contributed by atoms with E-state index in [1.807, 2.05) is 0 Å². The molecule has 2 rings (SSSR count). The number of carbonyl (C=O) groups excluding carboxylic acids is 1. The van der Waals surface area contributed by atoms with E-state index in [-0.39, 0.29) is 18.0 Å². The number of hydrogen-bond donors (Lipinski definition) is 0. The molecule has 1 heterocycles. The molecule has 0 bridgehead atoms. The molecule has 86 valence electrons. The molecule has 0 aliphatic carbocycles. The molecule has 1 aromatic rings. The molecule has 0 spiro atoms. The summed E-state index contributed by atoms with van der Waals surface area (Å²) in [7, 11) is 0. The van der Waals surface area contributed by atoms with Crippen LogP contribution in [-0.2, 0) is 4.79 Å². The maximum Gasteiger partial charge on any atom is 0.269 e. The van der Waals surface area contributed by atoms with Gasteiger partial charge in [-0.05, 0) is 18.2 Å². The molecule has 0 unspecified atom stereocenters. The number of rotatable bonds is 3. The Morgan fingerprint density at radius 2 is 2.06 bits per heavy atom. The van der Waals surface area contributed by atoms with E-state index in [1.165, 1.54) is 35.4 Å². The van der Waals surface area contributed by atoms with Crippen molar-refractivity contribution in [2.45, 2.75) is 6.42 Å². The zero-order chi connectivity index (χ0) is 12.4. The van der Waals surface area contributed by atoms with Crippen LogP contribution < -0.4 is 5.01 Å². The smallest absolute Gasteiger partial charge is 0.269 e. The van der Waals surface area contributed by atoms with E-state index in [4.69, 9.17) is 0 Å². The molecule has 0 aromatic heterocycles. The normalized spacial score (nSPS) is 14.7. The Labute approximate surface area is 97.0 Å². The summed E-state index contributed by atoms with van der Waals surface area (Å²) in [5.74, 6) is -0.172. The minimum absolute atomic E-state index is 0.0201.